The maximum Gasteiger partial charge on any atom is 0.308 e. The average molecular weight is 158 g/mol. The molecule has 1 aliphatic carbocycles. The van der Waals surface area contributed by atoms with E-state index in [9.17, 15) is 9.18 Å². The third-order valence-corrected chi connectivity index (χ3v) is 1.89. The second-order valence-electron chi connectivity index (χ2n) is 2.65. The van der Waals surface area contributed by atoms with Gasteiger partial charge in [0.05, 0.1) is 18.9 Å². The molecule has 0 aromatic rings. The highest BCUT2D eigenvalue weighted by atomic mass is 19.1. The molecule has 0 fully saturated rings. The van der Waals surface area contributed by atoms with E-state index in [-0.39, 0.29) is 17.7 Å². The standard InChI is InChI=1S/C8H11FO2/c1-11-8(10)6-2-4-7(9)5-3-6/h4,6H,2-3,5H2,1H3. The van der Waals surface area contributed by atoms with Crippen LogP contribution in [0.2, 0.25) is 0 Å². The van der Waals surface area contributed by atoms with Crippen LogP contribution in [0, 0.1) is 5.92 Å². The minimum absolute atomic E-state index is 0.106. The SMILES string of the molecule is COC(=O)C1CC=C(F)CC1. The van der Waals surface area contributed by atoms with E-state index in [2.05, 4.69) is 4.74 Å². The third kappa shape index (κ3) is 2.03. The van der Waals surface area contributed by atoms with Crippen LogP contribution in [0.3, 0.4) is 0 Å². The largest absolute Gasteiger partial charge is 0.469 e. The van der Waals surface area contributed by atoms with Crippen molar-refractivity contribution in [3.8, 4) is 0 Å². The minimum atomic E-state index is -0.228. The summed E-state index contributed by atoms with van der Waals surface area (Å²) in [5, 5.41) is 0. The lowest BCUT2D eigenvalue weighted by Gasteiger charge is -2.15. The monoisotopic (exact) mass is 158 g/mol. The quantitative estimate of drug-likeness (QED) is 0.544. The number of carbonyl (C=O) groups is 1. The first-order chi connectivity index (χ1) is 5.24. The van der Waals surface area contributed by atoms with Gasteiger partial charge in [-0.2, -0.15) is 0 Å². The molecule has 0 N–H and O–H groups in total. The molecule has 1 aliphatic rings. The molecule has 0 heterocycles. The Kier molecular flexibility index (Phi) is 2.63. The molecule has 0 saturated carbocycles. The van der Waals surface area contributed by atoms with Crippen LogP contribution in [-0.2, 0) is 9.53 Å². The summed E-state index contributed by atoms with van der Waals surface area (Å²) in [6.45, 7) is 0. The van der Waals surface area contributed by atoms with Crippen molar-refractivity contribution in [1.82, 2.24) is 0 Å². The van der Waals surface area contributed by atoms with E-state index in [1.807, 2.05) is 0 Å². The lowest BCUT2D eigenvalue weighted by Crippen LogP contribution is -2.17. The van der Waals surface area contributed by atoms with E-state index >= 15 is 0 Å². The van der Waals surface area contributed by atoms with E-state index in [4.69, 9.17) is 0 Å². The number of esters is 1. The Labute approximate surface area is 65.0 Å². The molecular formula is C8H11FO2. The normalized spacial score (nSPS) is 24.2. The average Bonchev–Trinajstić information content (AvgIpc) is 2.05. The molecule has 0 amide bonds. The van der Waals surface area contributed by atoms with Crippen molar-refractivity contribution < 1.29 is 13.9 Å². The van der Waals surface area contributed by atoms with E-state index in [0.29, 0.717) is 19.3 Å². The molecule has 1 unspecified atom stereocenters. The molecule has 2 nitrogen and oxygen atoms in total. The van der Waals surface area contributed by atoms with Gasteiger partial charge in [-0.3, -0.25) is 4.79 Å². The number of allylic oxidation sites excluding steroid dienone is 2. The first-order valence-electron chi connectivity index (χ1n) is 3.66. The summed E-state index contributed by atoms with van der Waals surface area (Å²) in [6, 6.07) is 0. The minimum Gasteiger partial charge on any atom is -0.469 e. The van der Waals surface area contributed by atoms with Crippen LogP contribution in [-0.4, -0.2) is 13.1 Å². The van der Waals surface area contributed by atoms with Crippen LogP contribution in [0.15, 0.2) is 11.9 Å². The van der Waals surface area contributed by atoms with Gasteiger partial charge in [0.1, 0.15) is 0 Å². The molecule has 0 saturated heterocycles. The van der Waals surface area contributed by atoms with Crippen molar-refractivity contribution in [3.63, 3.8) is 0 Å². The van der Waals surface area contributed by atoms with Gasteiger partial charge in [-0.25, -0.2) is 4.39 Å². The fraction of sp³-hybridized carbons (Fsp3) is 0.625. The van der Waals surface area contributed by atoms with Crippen LogP contribution in [0.1, 0.15) is 19.3 Å². The van der Waals surface area contributed by atoms with Crippen molar-refractivity contribution in [2.45, 2.75) is 19.3 Å². The van der Waals surface area contributed by atoms with Crippen LogP contribution in [0.5, 0.6) is 0 Å². The summed E-state index contributed by atoms with van der Waals surface area (Å²) in [4.78, 5) is 10.9. The van der Waals surface area contributed by atoms with Gasteiger partial charge in [0.25, 0.3) is 0 Å². The van der Waals surface area contributed by atoms with Gasteiger partial charge in [-0.1, -0.05) is 6.08 Å². The molecule has 62 valence electrons. The number of ether oxygens (including phenoxy) is 1. The number of rotatable bonds is 1. The summed E-state index contributed by atoms with van der Waals surface area (Å²) in [5.74, 6) is -0.460. The highest BCUT2D eigenvalue weighted by molar-refractivity contribution is 5.72. The van der Waals surface area contributed by atoms with Crippen molar-refractivity contribution in [2.75, 3.05) is 7.11 Å². The molecule has 1 atom stereocenters. The van der Waals surface area contributed by atoms with Crippen molar-refractivity contribution >= 4 is 5.97 Å². The number of hydrogen-bond donors (Lipinski definition) is 0. The Bertz CT molecular complexity index is 187. The zero-order chi connectivity index (χ0) is 8.27. The molecule has 3 heteroatoms. The van der Waals surface area contributed by atoms with Crippen LogP contribution in [0.4, 0.5) is 4.39 Å². The molecule has 0 spiro atoms. The zero-order valence-corrected chi connectivity index (χ0v) is 6.47. The molecule has 11 heavy (non-hydrogen) atoms. The number of methoxy groups -OCH3 is 1. The fourth-order valence-corrected chi connectivity index (χ4v) is 1.18. The van der Waals surface area contributed by atoms with Crippen molar-refractivity contribution in [1.29, 1.82) is 0 Å². The maximum atomic E-state index is 12.4. The Morgan fingerprint density at radius 3 is 3.00 bits per heavy atom. The lowest BCUT2D eigenvalue weighted by molar-refractivity contribution is -0.145. The maximum absolute atomic E-state index is 12.4. The first-order valence-corrected chi connectivity index (χ1v) is 3.66. The molecule has 0 aromatic heterocycles. The van der Waals surface area contributed by atoms with Gasteiger partial charge < -0.3 is 4.74 Å². The van der Waals surface area contributed by atoms with Gasteiger partial charge >= 0.3 is 5.97 Å². The predicted octanol–water partition coefficient (Wildman–Crippen LogP) is 1.81. The van der Waals surface area contributed by atoms with Crippen molar-refractivity contribution in [3.05, 3.63) is 11.9 Å². The van der Waals surface area contributed by atoms with E-state index in [1.165, 1.54) is 13.2 Å². The number of carbonyl (C=O) groups excluding carboxylic acids is 1. The van der Waals surface area contributed by atoms with E-state index in [0.717, 1.165) is 0 Å². The van der Waals surface area contributed by atoms with E-state index in [1.54, 1.807) is 0 Å². The van der Waals surface area contributed by atoms with Gasteiger partial charge in [-0.05, 0) is 19.3 Å². The molecule has 0 radical (unpaired) electrons. The molecule has 0 aliphatic heterocycles. The number of hydrogen-bond acceptors (Lipinski definition) is 2. The second kappa shape index (κ2) is 3.51. The summed E-state index contributed by atoms with van der Waals surface area (Å²) in [7, 11) is 1.36. The summed E-state index contributed by atoms with van der Waals surface area (Å²) in [5.41, 5.74) is 0. The molecule has 1 rings (SSSR count). The summed E-state index contributed by atoms with van der Waals surface area (Å²) < 4.78 is 17.0. The van der Waals surface area contributed by atoms with Crippen LogP contribution in [0.25, 0.3) is 0 Å². The molecule has 0 bridgehead atoms. The Balaban J connectivity index is 2.47. The topological polar surface area (TPSA) is 26.3 Å². The second-order valence-corrected chi connectivity index (χ2v) is 2.65. The third-order valence-electron chi connectivity index (χ3n) is 1.89. The molecule has 0 aromatic carbocycles. The van der Waals surface area contributed by atoms with Crippen LogP contribution < -0.4 is 0 Å². The zero-order valence-electron chi connectivity index (χ0n) is 6.47. The Hall–Kier alpha value is -0.860. The number of halogens is 1. The lowest BCUT2D eigenvalue weighted by atomic mass is 9.94. The van der Waals surface area contributed by atoms with Crippen molar-refractivity contribution in [2.24, 2.45) is 5.92 Å². The van der Waals surface area contributed by atoms with Gasteiger partial charge in [0.15, 0.2) is 0 Å². The smallest absolute Gasteiger partial charge is 0.308 e. The highest BCUT2D eigenvalue weighted by Crippen LogP contribution is 2.24. The Morgan fingerprint density at radius 1 is 1.82 bits per heavy atom. The first kappa shape index (κ1) is 8.24. The van der Waals surface area contributed by atoms with Crippen LogP contribution >= 0.6 is 0 Å². The van der Waals surface area contributed by atoms with Gasteiger partial charge in [-0.15, -0.1) is 0 Å². The predicted molar refractivity (Wildman–Crippen MR) is 38.5 cm³/mol. The van der Waals surface area contributed by atoms with Gasteiger partial charge in [0, 0.05) is 0 Å². The summed E-state index contributed by atoms with van der Waals surface area (Å²) in [6.07, 6.45) is 2.90. The highest BCUT2D eigenvalue weighted by Gasteiger charge is 2.21. The summed E-state index contributed by atoms with van der Waals surface area (Å²) >= 11 is 0. The molecular weight excluding hydrogens is 147 g/mol. The Morgan fingerprint density at radius 2 is 2.55 bits per heavy atom. The van der Waals surface area contributed by atoms with E-state index < -0.39 is 0 Å². The van der Waals surface area contributed by atoms with Gasteiger partial charge in [0.2, 0.25) is 0 Å². The fourth-order valence-electron chi connectivity index (χ4n) is 1.18.